The van der Waals surface area contributed by atoms with Crippen LogP contribution in [0.5, 0.6) is 5.88 Å². The van der Waals surface area contributed by atoms with E-state index in [0.717, 1.165) is 29.7 Å². The van der Waals surface area contributed by atoms with Crippen molar-refractivity contribution in [1.29, 1.82) is 0 Å². The summed E-state index contributed by atoms with van der Waals surface area (Å²) in [5.74, 6) is -2.47. The van der Waals surface area contributed by atoms with Crippen LogP contribution in [0.15, 0.2) is 55.1 Å². The van der Waals surface area contributed by atoms with Crippen LogP contribution in [0, 0.1) is 5.82 Å². The second-order valence-electron chi connectivity index (χ2n) is 8.05. The first-order chi connectivity index (χ1) is 17.1. The first-order valence-electron chi connectivity index (χ1n) is 11.1. The van der Waals surface area contributed by atoms with Crippen LogP contribution < -0.4 is 15.4 Å². The molecule has 2 aromatic heterocycles. The Morgan fingerprint density at radius 1 is 1.09 bits per heavy atom. The number of anilines is 1. The number of hydrogen-bond donors (Lipinski definition) is 1. The molecule has 3 heterocycles. The smallest absolute Gasteiger partial charge is 0.236 e. The third-order valence-electron chi connectivity index (χ3n) is 6.02. The lowest BCUT2D eigenvalue weighted by Gasteiger charge is -2.29. The Morgan fingerprint density at radius 2 is 1.89 bits per heavy atom. The van der Waals surface area contributed by atoms with Gasteiger partial charge in [0.25, 0.3) is 0 Å². The third-order valence-corrected chi connectivity index (χ3v) is 6.02. The molecular formula is C25H23FN6O3. The molecule has 1 aliphatic rings. The summed E-state index contributed by atoms with van der Waals surface area (Å²) in [5.41, 5.74) is 8.92. The molecule has 1 fully saturated rings. The predicted molar refractivity (Wildman–Crippen MR) is 128 cm³/mol. The summed E-state index contributed by atoms with van der Waals surface area (Å²) < 4.78 is 25.7. The van der Waals surface area contributed by atoms with Crippen molar-refractivity contribution in [2.45, 2.75) is 5.92 Å². The van der Waals surface area contributed by atoms with Gasteiger partial charge in [-0.15, -0.1) is 0 Å². The number of aromatic nitrogens is 4. The quantitative estimate of drug-likeness (QED) is 0.453. The van der Waals surface area contributed by atoms with Gasteiger partial charge >= 0.3 is 0 Å². The van der Waals surface area contributed by atoms with Crippen LogP contribution in [0.4, 0.5) is 10.1 Å². The fourth-order valence-corrected chi connectivity index (χ4v) is 4.33. The van der Waals surface area contributed by atoms with Gasteiger partial charge < -0.3 is 20.1 Å². The molecule has 1 amide bonds. The van der Waals surface area contributed by atoms with E-state index >= 15 is 4.39 Å². The van der Waals surface area contributed by atoms with Gasteiger partial charge in [0.05, 0.1) is 31.5 Å². The lowest BCUT2D eigenvalue weighted by atomic mass is 9.91. The molecule has 1 saturated heterocycles. The normalized spacial score (nSPS) is 14.6. The van der Waals surface area contributed by atoms with Gasteiger partial charge in [0, 0.05) is 47.7 Å². The molecule has 1 atom stereocenters. The molecule has 1 unspecified atom stereocenters. The summed E-state index contributed by atoms with van der Waals surface area (Å²) in [6.07, 6.45) is 4.30. The van der Waals surface area contributed by atoms with Gasteiger partial charge in [0.1, 0.15) is 23.8 Å². The zero-order valence-electron chi connectivity index (χ0n) is 19.0. The highest BCUT2D eigenvalue weighted by molar-refractivity contribution is 5.94. The summed E-state index contributed by atoms with van der Waals surface area (Å²) in [7, 11) is 1.40. The van der Waals surface area contributed by atoms with Crippen molar-refractivity contribution < 1.29 is 18.7 Å². The van der Waals surface area contributed by atoms with Crippen molar-refractivity contribution in [2.75, 3.05) is 38.3 Å². The minimum Gasteiger partial charge on any atom is -0.480 e. The van der Waals surface area contributed by atoms with Crippen molar-refractivity contribution >= 4 is 22.5 Å². The molecule has 0 radical (unpaired) electrons. The first-order valence-corrected chi connectivity index (χ1v) is 11.1. The van der Waals surface area contributed by atoms with E-state index in [1.54, 1.807) is 12.1 Å². The Labute approximate surface area is 200 Å². The van der Waals surface area contributed by atoms with Crippen LogP contribution in [-0.4, -0.2) is 59.3 Å². The first kappa shape index (κ1) is 22.6. The second-order valence-corrected chi connectivity index (χ2v) is 8.05. The molecule has 2 aromatic carbocycles. The number of primary amides is 1. The maximum absolute atomic E-state index is 15.0. The van der Waals surface area contributed by atoms with Gasteiger partial charge in [-0.05, 0) is 36.4 Å². The Morgan fingerprint density at radius 3 is 2.66 bits per heavy atom. The molecule has 1 aliphatic heterocycles. The van der Waals surface area contributed by atoms with Gasteiger partial charge in [0.2, 0.25) is 11.8 Å². The van der Waals surface area contributed by atoms with Gasteiger partial charge in [-0.25, -0.2) is 19.3 Å². The SMILES string of the molecule is COc1nccnc1C(C(N)=O)c1cc(-c2ncnc3cc(N4CCOCC4)ccc23)ccc1F. The molecule has 5 rings (SSSR count). The summed E-state index contributed by atoms with van der Waals surface area (Å²) in [6.45, 7) is 2.99. The number of hydrogen-bond acceptors (Lipinski definition) is 8. The zero-order chi connectivity index (χ0) is 24.4. The van der Waals surface area contributed by atoms with Gasteiger partial charge in [0.15, 0.2) is 0 Å². The highest BCUT2D eigenvalue weighted by atomic mass is 19.1. The van der Waals surface area contributed by atoms with Crippen molar-refractivity contribution in [3.05, 3.63) is 72.2 Å². The Kier molecular flexibility index (Phi) is 6.19. The van der Waals surface area contributed by atoms with E-state index in [2.05, 4.69) is 24.8 Å². The van der Waals surface area contributed by atoms with Crippen LogP contribution in [-0.2, 0) is 9.53 Å². The molecule has 178 valence electrons. The number of nitrogens with two attached hydrogens (primary N) is 1. The summed E-state index contributed by atoms with van der Waals surface area (Å²) in [6, 6.07) is 10.4. The Hall–Kier alpha value is -4.18. The number of rotatable bonds is 6. The highest BCUT2D eigenvalue weighted by Crippen LogP contribution is 2.34. The minimum absolute atomic E-state index is 0.0606. The summed E-state index contributed by atoms with van der Waals surface area (Å²) in [5, 5.41) is 0.801. The number of benzene rings is 2. The number of nitrogens with zero attached hydrogens (tertiary/aromatic N) is 5. The number of ether oxygens (including phenoxy) is 2. The molecule has 9 nitrogen and oxygen atoms in total. The molecule has 10 heteroatoms. The Balaban J connectivity index is 1.59. The maximum atomic E-state index is 15.0. The number of amides is 1. The lowest BCUT2D eigenvalue weighted by Crippen LogP contribution is -2.36. The number of carbonyl (C=O) groups is 1. The second kappa shape index (κ2) is 9.59. The number of fused-ring (bicyclic) bond motifs is 1. The lowest BCUT2D eigenvalue weighted by molar-refractivity contribution is -0.118. The number of methoxy groups -OCH3 is 1. The van der Waals surface area contributed by atoms with E-state index in [0.29, 0.717) is 24.5 Å². The summed E-state index contributed by atoms with van der Waals surface area (Å²) >= 11 is 0. The van der Waals surface area contributed by atoms with E-state index in [1.165, 1.54) is 31.9 Å². The van der Waals surface area contributed by atoms with E-state index in [9.17, 15) is 4.79 Å². The molecule has 0 spiro atoms. The predicted octanol–water partition coefficient (Wildman–Crippen LogP) is 2.69. The van der Waals surface area contributed by atoms with Crippen LogP contribution >= 0.6 is 0 Å². The standard InChI is InChI=1S/C25H23FN6O3/c1-34-25-23(28-6-7-29-25)21(24(27)33)18-12-15(2-5-19(18)26)22-17-4-3-16(13-20(17)30-14-31-22)32-8-10-35-11-9-32/h2-7,12-14,21H,8-11H2,1H3,(H2,27,33). The number of halogens is 1. The topological polar surface area (TPSA) is 116 Å². The highest BCUT2D eigenvalue weighted by Gasteiger charge is 2.29. The molecular weight excluding hydrogens is 451 g/mol. The fraction of sp³-hybridized carbons (Fsp3) is 0.240. The zero-order valence-corrected chi connectivity index (χ0v) is 19.0. The van der Waals surface area contributed by atoms with E-state index in [-0.39, 0.29) is 17.1 Å². The van der Waals surface area contributed by atoms with E-state index in [4.69, 9.17) is 15.2 Å². The van der Waals surface area contributed by atoms with Crippen molar-refractivity contribution in [3.8, 4) is 17.1 Å². The van der Waals surface area contributed by atoms with Crippen molar-refractivity contribution in [2.24, 2.45) is 5.73 Å². The monoisotopic (exact) mass is 474 g/mol. The van der Waals surface area contributed by atoms with Gasteiger partial charge in [-0.3, -0.25) is 9.78 Å². The minimum atomic E-state index is -1.19. The molecule has 0 aliphatic carbocycles. The van der Waals surface area contributed by atoms with Gasteiger partial charge in [-0.1, -0.05) is 0 Å². The van der Waals surface area contributed by atoms with E-state index < -0.39 is 17.6 Å². The molecule has 0 saturated carbocycles. The van der Waals surface area contributed by atoms with Crippen LogP contribution in [0.2, 0.25) is 0 Å². The molecule has 2 N–H and O–H groups in total. The number of morpholine rings is 1. The maximum Gasteiger partial charge on any atom is 0.236 e. The van der Waals surface area contributed by atoms with Crippen LogP contribution in [0.1, 0.15) is 17.2 Å². The molecule has 4 aromatic rings. The average molecular weight is 474 g/mol. The largest absolute Gasteiger partial charge is 0.480 e. The third kappa shape index (κ3) is 4.35. The van der Waals surface area contributed by atoms with Crippen molar-refractivity contribution in [1.82, 2.24) is 19.9 Å². The Bertz CT molecular complexity index is 1390. The average Bonchev–Trinajstić information content (AvgIpc) is 2.90. The van der Waals surface area contributed by atoms with Crippen LogP contribution in [0.3, 0.4) is 0 Å². The van der Waals surface area contributed by atoms with Gasteiger partial charge in [-0.2, -0.15) is 0 Å². The number of carbonyl (C=O) groups excluding carboxylic acids is 1. The van der Waals surface area contributed by atoms with Crippen molar-refractivity contribution in [3.63, 3.8) is 0 Å². The van der Waals surface area contributed by atoms with Crippen LogP contribution in [0.25, 0.3) is 22.2 Å². The molecule has 35 heavy (non-hydrogen) atoms. The van der Waals surface area contributed by atoms with E-state index in [1.807, 2.05) is 18.2 Å². The molecule has 0 bridgehead atoms. The summed E-state index contributed by atoms with van der Waals surface area (Å²) in [4.78, 5) is 31.9. The fourth-order valence-electron chi connectivity index (χ4n) is 4.33.